The van der Waals surface area contributed by atoms with Gasteiger partial charge in [0.25, 0.3) is 0 Å². The monoisotopic (exact) mass is 567 g/mol. The molecule has 0 aliphatic heterocycles. The Kier molecular flexibility index (Phi) is 31.6. The summed E-state index contributed by atoms with van der Waals surface area (Å²) in [5, 5.41) is 8.89. The van der Waals surface area contributed by atoms with Crippen LogP contribution in [0.3, 0.4) is 0 Å². The zero-order valence-electron chi connectivity index (χ0n) is 27.2. The zero-order chi connectivity index (χ0) is 29.4. The molecule has 0 heterocycles. The Hall–Kier alpha value is -1.06. The van der Waals surface area contributed by atoms with E-state index < -0.39 is 5.97 Å². The minimum atomic E-state index is -0.740. The predicted molar refractivity (Wildman–Crippen MR) is 172 cm³/mol. The van der Waals surface area contributed by atoms with Crippen LogP contribution in [0, 0.1) is 0 Å². The molecular formula is C36H70O4. The standard InChI is InChI=1S/C36H70O4/c1-3-5-7-9-11-13-14-15-16-17-18-19-20-21-23-25-27-33-36(39)40-34(31-28-29-32-35(37)38)30-26-24-22-12-10-8-6-4-2/h34H,3-33H2,1-2H3,(H,37,38). The maximum absolute atomic E-state index is 12.5. The SMILES string of the molecule is CCCCCCCCCCCCCCCCCCCC(=O)OC(CCCCCCCCCC)CCCCC(=O)O. The molecule has 0 radical (unpaired) electrons. The van der Waals surface area contributed by atoms with Crippen molar-refractivity contribution in [2.75, 3.05) is 0 Å². The van der Waals surface area contributed by atoms with Gasteiger partial charge in [-0.1, -0.05) is 162 Å². The fourth-order valence-electron chi connectivity index (χ4n) is 5.66. The number of ether oxygens (including phenoxy) is 1. The average Bonchev–Trinajstić information content (AvgIpc) is 2.93. The summed E-state index contributed by atoms with van der Waals surface area (Å²) in [6.07, 6.45) is 36.9. The molecule has 0 saturated carbocycles. The van der Waals surface area contributed by atoms with Gasteiger partial charge in [0.2, 0.25) is 0 Å². The van der Waals surface area contributed by atoms with Crippen LogP contribution in [0.15, 0.2) is 0 Å². The Morgan fingerprint density at radius 2 is 0.750 bits per heavy atom. The van der Waals surface area contributed by atoms with Crippen LogP contribution < -0.4 is 0 Å². The van der Waals surface area contributed by atoms with Crippen molar-refractivity contribution in [1.82, 2.24) is 0 Å². The fraction of sp³-hybridized carbons (Fsp3) is 0.944. The van der Waals surface area contributed by atoms with Crippen molar-refractivity contribution in [3.05, 3.63) is 0 Å². The highest BCUT2D eigenvalue weighted by Gasteiger charge is 2.14. The van der Waals surface area contributed by atoms with Gasteiger partial charge in [0.1, 0.15) is 6.10 Å². The van der Waals surface area contributed by atoms with Gasteiger partial charge in [-0.2, -0.15) is 0 Å². The van der Waals surface area contributed by atoms with Gasteiger partial charge in [-0.05, 0) is 38.5 Å². The number of esters is 1. The highest BCUT2D eigenvalue weighted by molar-refractivity contribution is 5.69. The van der Waals surface area contributed by atoms with Crippen LogP contribution in [0.5, 0.6) is 0 Å². The molecule has 0 fully saturated rings. The summed E-state index contributed by atoms with van der Waals surface area (Å²) < 4.78 is 5.86. The molecule has 0 aliphatic carbocycles. The fourth-order valence-corrected chi connectivity index (χ4v) is 5.66. The van der Waals surface area contributed by atoms with Crippen molar-refractivity contribution in [3.63, 3.8) is 0 Å². The van der Waals surface area contributed by atoms with Crippen LogP contribution in [-0.4, -0.2) is 23.1 Å². The third-order valence-electron chi connectivity index (χ3n) is 8.33. The lowest BCUT2D eigenvalue weighted by atomic mass is 10.0. The topological polar surface area (TPSA) is 63.6 Å². The van der Waals surface area contributed by atoms with E-state index in [9.17, 15) is 9.59 Å². The second kappa shape index (κ2) is 32.5. The summed E-state index contributed by atoms with van der Waals surface area (Å²) in [5.41, 5.74) is 0. The van der Waals surface area contributed by atoms with E-state index in [0.29, 0.717) is 12.8 Å². The molecule has 0 spiro atoms. The van der Waals surface area contributed by atoms with Gasteiger partial charge in [-0.3, -0.25) is 9.59 Å². The predicted octanol–water partition coefficient (Wildman–Crippen LogP) is 12.1. The average molecular weight is 567 g/mol. The maximum atomic E-state index is 12.5. The number of hydrogen-bond donors (Lipinski definition) is 1. The van der Waals surface area contributed by atoms with Crippen molar-refractivity contribution in [2.24, 2.45) is 0 Å². The smallest absolute Gasteiger partial charge is 0.306 e. The Morgan fingerprint density at radius 3 is 1.12 bits per heavy atom. The number of carbonyl (C=O) groups is 2. The molecule has 0 bridgehead atoms. The Morgan fingerprint density at radius 1 is 0.450 bits per heavy atom. The first-order valence-electron chi connectivity index (χ1n) is 18.0. The molecular weight excluding hydrogens is 496 g/mol. The molecule has 40 heavy (non-hydrogen) atoms. The van der Waals surface area contributed by atoms with E-state index in [1.165, 1.54) is 141 Å². The van der Waals surface area contributed by atoms with E-state index in [-0.39, 0.29) is 18.5 Å². The minimum Gasteiger partial charge on any atom is -0.481 e. The Bertz CT molecular complexity index is 533. The van der Waals surface area contributed by atoms with Crippen molar-refractivity contribution in [2.45, 2.75) is 219 Å². The summed E-state index contributed by atoms with van der Waals surface area (Å²) in [7, 11) is 0. The van der Waals surface area contributed by atoms with E-state index in [2.05, 4.69) is 13.8 Å². The largest absolute Gasteiger partial charge is 0.481 e. The van der Waals surface area contributed by atoms with Gasteiger partial charge < -0.3 is 9.84 Å². The summed E-state index contributed by atoms with van der Waals surface area (Å²) in [5.74, 6) is -0.792. The van der Waals surface area contributed by atoms with Gasteiger partial charge in [-0.25, -0.2) is 0 Å². The molecule has 4 heteroatoms. The molecule has 0 aromatic rings. The lowest BCUT2D eigenvalue weighted by Gasteiger charge is -2.18. The van der Waals surface area contributed by atoms with Crippen LogP contribution in [0.4, 0.5) is 0 Å². The molecule has 0 aromatic heterocycles. The van der Waals surface area contributed by atoms with Crippen LogP contribution in [0.1, 0.15) is 213 Å². The van der Waals surface area contributed by atoms with Gasteiger partial charge in [0, 0.05) is 12.8 Å². The Balaban J connectivity index is 3.75. The first kappa shape index (κ1) is 38.9. The van der Waals surface area contributed by atoms with Crippen molar-refractivity contribution in [3.8, 4) is 0 Å². The van der Waals surface area contributed by atoms with Gasteiger partial charge in [-0.15, -0.1) is 0 Å². The molecule has 0 amide bonds. The zero-order valence-corrected chi connectivity index (χ0v) is 27.2. The Labute approximate surface area is 250 Å². The summed E-state index contributed by atoms with van der Waals surface area (Å²) >= 11 is 0. The van der Waals surface area contributed by atoms with E-state index >= 15 is 0 Å². The van der Waals surface area contributed by atoms with Crippen molar-refractivity contribution >= 4 is 11.9 Å². The van der Waals surface area contributed by atoms with Crippen molar-refractivity contribution in [1.29, 1.82) is 0 Å². The lowest BCUT2D eigenvalue weighted by Crippen LogP contribution is -2.18. The number of carboxylic acid groups (broad SMARTS) is 1. The van der Waals surface area contributed by atoms with E-state index in [0.717, 1.165) is 38.5 Å². The van der Waals surface area contributed by atoms with E-state index in [1.807, 2.05) is 0 Å². The minimum absolute atomic E-state index is 0.0350. The molecule has 238 valence electrons. The third-order valence-corrected chi connectivity index (χ3v) is 8.33. The second-order valence-electron chi connectivity index (χ2n) is 12.4. The van der Waals surface area contributed by atoms with Crippen LogP contribution in [0.2, 0.25) is 0 Å². The molecule has 0 rings (SSSR count). The molecule has 0 aliphatic rings. The second-order valence-corrected chi connectivity index (χ2v) is 12.4. The molecule has 0 saturated heterocycles. The number of hydrogen-bond acceptors (Lipinski definition) is 3. The highest BCUT2D eigenvalue weighted by Crippen LogP contribution is 2.18. The molecule has 4 nitrogen and oxygen atoms in total. The normalized spacial score (nSPS) is 12.1. The van der Waals surface area contributed by atoms with E-state index in [1.54, 1.807) is 0 Å². The first-order chi connectivity index (χ1) is 19.6. The molecule has 1 unspecified atom stereocenters. The van der Waals surface area contributed by atoms with E-state index in [4.69, 9.17) is 9.84 Å². The summed E-state index contributed by atoms with van der Waals surface area (Å²) in [6, 6.07) is 0. The number of aliphatic carboxylic acids is 1. The molecule has 0 aromatic carbocycles. The lowest BCUT2D eigenvalue weighted by molar-refractivity contribution is -0.150. The third kappa shape index (κ3) is 31.5. The number of unbranched alkanes of at least 4 members (excludes halogenated alkanes) is 24. The maximum Gasteiger partial charge on any atom is 0.306 e. The van der Waals surface area contributed by atoms with Crippen molar-refractivity contribution < 1.29 is 19.4 Å². The van der Waals surface area contributed by atoms with Crippen LogP contribution >= 0.6 is 0 Å². The molecule has 1 atom stereocenters. The first-order valence-corrected chi connectivity index (χ1v) is 18.0. The van der Waals surface area contributed by atoms with Gasteiger partial charge in [0.15, 0.2) is 0 Å². The van der Waals surface area contributed by atoms with Crippen LogP contribution in [-0.2, 0) is 14.3 Å². The number of rotatable bonds is 33. The quantitative estimate of drug-likeness (QED) is 0.0633. The number of carboxylic acids is 1. The summed E-state index contributed by atoms with van der Waals surface area (Å²) in [6.45, 7) is 4.53. The number of carbonyl (C=O) groups excluding carboxylic acids is 1. The highest BCUT2D eigenvalue weighted by atomic mass is 16.5. The van der Waals surface area contributed by atoms with Gasteiger partial charge in [0.05, 0.1) is 0 Å². The molecule has 1 N–H and O–H groups in total. The van der Waals surface area contributed by atoms with Crippen LogP contribution in [0.25, 0.3) is 0 Å². The summed E-state index contributed by atoms with van der Waals surface area (Å²) in [4.78, 5) is 23.3. The van der Waals surface area contributed by atoms with Gasteiger partial charge >= 0.3 is 11.9 Å².